The van der Waals surface area contributed by atoms with Gasteiger partial charge in [0.05, 0.1) is 0 Å². The molecule has 0 radical (unpaired) electrons. The molecule has 0 N–H and O–H groups in total. The molecule has 22 heavy (non-hydrogen) atoms. The summed E-state index contributed by atoms with van der Waals surface area (Å²) >= 11 is 1.66. The van der Waals surface area contributed by atoms with Crippen molar-refractivity contribution in [3.05, 3.63) is 57.8 Å². The summed E-state index contributed by atoms with van der Waals surface area (Å²) in [5, 5.41) is 2.05. The van der Waals surface area contributed by atoms with E-state index in [4.69, 9.17) is 0 Å². The van der Waals surface area contributed by atoms with Crippen LogP contribution in [-0.4, -0.2) is 18.9 Å². The van der Waals surface area contributed by atoms with Crippen LogP contribution in [0, 0.1) is 6.92 Å². The van der Waals surface area contributed by atoms with E-state index in [9.17, 15) is 4.79 Å². The van der Waals surface area contributed by atoms with Crippen LogP contribution < -0.4 is 4.90 Å². The number of thiophene rings is 1. The lowest BCUT2D eigenvalue weighted by Gasteiger charge is -2.28. The zero-order chi connectivity index (χ0) is 15.4. The summed E-state index contributed by atoms with van der Waals surface area (Å²) in [4.78, 5) is 15.8. The molecule has 1 aromatic heterocycles. The summed E-state index contributed by atoms with van der Waals surface area (Å²) < 4.78 is 0. The Balaban J connectivity index is 1.68. The van der Waals surface area contributed by atoms with E-state index in [1.54, 1.807) is 17.4 Å². The standard InChI is InChI=1S/C19H21NOS/c1-15-11-14-22-19(15)10-9-18(21)16-5-7-17(8-6-16)20-12-3-2-4-13-20/h5-11,14H,2-4,12-13H2,1H3/b10-9+. The largest absolute Gasteiger partial charge is 0.372 e. The fourth-order valence-corrected chi connectivity index (χ4v) is 3.61. The molecule has 1 fully saturated rings. The van der Waals surface area contributed by atoms with Gasteiger partial charge in [0.25, 0.3) is 0 Å². The Morgan fingerprint density at radius 3 is 2.45 bits per heavy atom. The molecule has 1 aliphatic rings. The monoisotopic (exact) mass is 311 g/mol. The molecule has 0 spiro atoms. The molecule has 3 rings (SSSR count). The Hall–Kier alpha value is -1.87. The molecule has 0 unspecified atom stereocenters. The molecule has 1 aromatic carbocycles. The van der Waals surface area contributed by atoms with Crippen molar-refractivity contribution in [1.29, 1.82) is 0 Å². The number of anilines is 1. The van der Waals surface area contributed by atoms with Crippen LogP contribution in [0.4, 0.5) is 5.69 Å². The lowest BCUT2D eigenvalue weighted by molar-refractivity contribution is 0.104. The third-order valence-corrected chi connectivity index (χ3v) is 5.14. The summed E-state index contributed by atoms with van der Waals surface area (Å²) in [5.74, 6) is 0.0676. The van der Waals surface area contributed by atoms with Gasteiger partial charge in [-0.05, 0) is 79.6 Å². The maximum Gasteiger partial charge on any atom is 0.185 e. The van der Waals surface area contributed by atoms with E-state index < -0.39 is 0 Å². The van der Waals surface area contributed by atoms with Gasteiger partial charge in [-0.2, -0.15) is 0 Å². The van der Waals surface area contributed by atoms with Crippen molar-refractivity contribution in [3.63, 3.8) is 0 Å². The first kappa shape index (κ1) is 15.0. The molecule has 0 saturated carbocycles. The summed E-state index contributed by atoms with van der Waals surface area (Å²) in [7, 11) is 0. The lowest BCUT2D eigenvalue weighted by atomic mass is 10.1. The summed E-state index contributed by atoms with van der Waals surface area (Å²) in [6, 6.07) is 10.1. The number of piperidine rings is 1. The Kier molecular flexibility index (Phi) is 4.74. The van der Waals surface area contributed by atoms with Crippen molar-refractivity contribution >= 4 is 28.9 Å². The van der Waals surface area contributed by atoms with Gasteiger partial charge < -0.3 is 4.90 Å². The smallest absolute Gasteiger partial charge is 0.185 e. The van der Waals surface area contributed by atoms with E-state index in [1.165, 1.54) is 30.5 Å². The number of hydrogen-bond acceptors (Lipinski definition) is 3. The summed E-state index contributed by atoms with van der Waals surface area (Å²) in [6.45, 7) is 4.32. The number of benzene rings is 1. The highest BCUT2D eigenvalue weighted by atomic mass is 32.1. The first-order valence-electron chi connectivity index (χ1n) is 7.85. The molecule has 2 aromatic rings. The molecule has 2 nitrogen and oxygen atoms in total. The second kappa shape index (κ2) is 6.93. The quantitative estimate of drug-likeness (QED) is 0.588. The van der Waals surface area contributed by atoms with Gasteiger partial charge >= 0.3 is 0 Å². The van der Waals surface area contributed by atoms with Crippen LogP contribution in [0.15, 0.2) is 41.8 Å². The van der Waals surface area contributed by atoms with Crippen LogP contribution >= 0.6 is 11.3 Å². The number of rotatable bonds is 4. The molecule has 0 aliphatic carbocycles. The lowest BCUT2D eigenvalue weighted by Crippen LogP contribution is -2.29. The van der Waals surface area contributed by atoms with Crippen LogP contribution in [0.5, 0.6) is 0 Å². The molecule has 0 amide bonds. The molecule has 2 heterocycles. The van der Waals surface area contributed by atoms with Crippen LogP contribution in [0.25, 0.3) is 6.08 Å². The minimum absolute atomic E-state index is 0.0676. The first-order chi connectivity index (χ1) is 10.7. The van der Waals surface area contributed by atoms with Gasteiger partial charge in [-0.25, -0.2) is 0 Å². The van der Waals surface area contributed by atoms with Gasteiger partial charge in [0.2, 0.25) is 0 Å². The van der Waals surface area contributed by atoms with E-state index in [1.807, 2.05) is 23.6 Å². The van der Waals surface area contributed by atoms with E-state index >= 15 is 0 Å². The van der Waals surface area contributed by atoms with E-state index in [2.05, 4.69) is 30.0 Å². The van der Waals surface area contributed by atoms with Gasteiger partial charge in [0.15, 0.2) is 5.78 Å². The van der Waals surface area contributed by atoms with Gasteiger partial charge in [-0.1, -0.05) is 0 Å². The number of ketones is 1. The Morgan fingerprint density at radius 1 is 1.09 bits per heavy atom. The maximum absolute atomic E-state index is 12.2. The second-order valence-electron chi connectivity index (χ2n) is 5.76. The van der Waals surface area contributed by atoms with Crippen molar-refractivity contribution in [2.75, 3.05) is 18.0 Å². The summed E-state index contributed by atoms with van der Waals surface area (Å²) in [5.41, 5.74) is 3.20. The third-order valence-electron chi connectivity index (χ3n) is 4.16. The molecule has 1 saturated heterocycles. The van der Waals surface area contributed by atoms with Gasteiger partial charge in [0, 0.05) is 29.2 Å². The number of hydrogen-bond donors (Lipinski definition) is 0. The molecule has 1 aliphatic heterocycles. The highest BCUT2D eigenvalue weighted by Crippen LogP contribution is 2.21. The number of aryl methyl sites for hydroxylation is 1. The fourth-order valence-electron chi connectivity index (χ4n) is 2.79. The van der Waals surface area contributed by atoms with Crippen molar-refractivity contribution in [2.24, 2.45) is 0 Å². The molecule has 3 heteroatoms. The van der Waals surface area contributed by atoms with Gasteiger partial charge in [0.1, 0.15) is 0 Å². The Labute approximate surface area is 136 Å². The minimum atomic E-state index is 0.0676. The highest BCUT2D eigenvalue weighted by Gasteiger charge is 2.11. The fraction of sp³-hybridized carbons (Fsp3) is 0.316. The van der Waals surface area contributed by atoms with Crippen molar-refractivity contribution in [3.8, 4) is 0 Å². The van der Waals surface area contributed by atoms with Gasteiger partial charge in [-0.3, -0.25) is 4.79 Å². The normalized spacial score (nSPS) is 15.4. The van der Waals surface area contributed by atoms with E-state index in [0.29, 0.717) is 0 Å². The second-order valence-corrected chi connectivity index (χ2v) is 6.71. The molecule has 0 atom stereocenters. The van der Waals surface area contributed by atoms with Crippen molar-refractivity contribution in [2.45, 2.75) is 26.2 Å². The zero-order valence-electron chi connectivity index (χ0n) is 12.9. The maximum atomic E-state index is 12.2. The van der Waals surface area contributed by atoms with Crippen molar-refractivity contribution in [1.82, 2.24) is 0 Å². The van der Waals surface area contributed by atoms with Crippen LogP contribution in [0.1, 0.15) is 40.1 Å². The topological polar surface area (TPSA) is 20.3 Å². The molecule has 0 bridgehead atoms. The van der Waals surface area contributed by atoms with Gasteiger partial charge in [-0.15, -0.1) is 11.3 Å². The van der Waals surface area contributed by atoms with Crippen molar-refractivity contribution < 1.29 is 4.79 Å². The first-order valence-corrected chi connectivity index (χ1v) is 8.73. The number of carbonyl (C=O) groups excluding carboxylic acids is 1. The van der Waals surface area contributed by atoms with E-state index in [-0.39, 0.29) is 5.78 Å². The average molecular weight is 311 g/mol. The van der Waals surface area contributed by atoms with Crippen LogP contribution in [0.2, 0.25) is 0 Å². The average Bonchev–Trinajstić information content (AvgIpc) is 2.99. The number of nitrogens with zero attached hydrogens (tertiary/aromatic N) is 1. The zero-order valence-corrected chi connectivity index (χ0v) is 13.7. The minimum Gasteiger partial charge on any atom is -0.372 e. The highest BCUT2D eigenvalue weighted by molar-refractivity contribution is 7.11. The molecular formula is C19H21NOS. The third kappa shape index (κ3) is 3.47. The summed E-state index contributed by atoms with van der Waals surface area (Å²) in [6.07, 6.45) is 7.46. The molecule has 114 valence electrons. The number of carbonyl (C=O) groups is 1. The van der Waals surface area contributed by atoms with Crippen LogP contribution in [-0.2, 0) is 0 Å². The molecular weight excluding hydrogens is 290 g/mol. The van der Waals surface area contributed by atoms with E-state index in [0.717, 1.165) is 23.5 Å². The number of allylic oxidation sites excluding steroid dienone is 1. The predicted molar refractivity (Wildman–Crippen MR) is 94.9 cm³/mol. The predicted octanol–water partition coefficient (Wildman–Crippen LogP) is 4.94. The van der Waals surface area contributed by atoms with Crippen LogP contribution in [0.3, 0.4) is 0 Å². The Bertz CT molecular complexity index is 663. The SMILES string of the molecule is Cc1ccsc1/C=C/C(=O)c1ccc(N2CCCCC2)cc1. The Morgan fingerprint density at radius 2 is 1.82 bits per heavy atom.